The summed E-state index contributed by atoms with van der Waals surface area (Å²) in [4.78, 5) is 14.5. The number of hydrogen-bond acceptors (Lipinski definition) is 5. The number of ether oxygens (including phenoxy) is 1. The van der Waals surface area contributed by atoms with E-state index in [1.54, 1.807) is 14.2 Å². The number of benzene rings is 1. The van der Waals surface area contributed by atoms with Gasteiger partial charge in [0.1, 0.15) is 0 Å². The van der Waals surface area contributed by atoms with E-state index in [0.29, 0.717) is 18.7 Å². The van der Waals surface area contributed by atoms with Gasteiger partial charge in [-0.3, -0.25) is 4.79 Å². The largest absolute Gasteiger partial charge is 0.383 e. The molecule has 0 bridgehead atoms. The van der Waals surface area contributed by atoms with Crippen molar-refractivity contribution >= 4 is 15.9 Å². The summed E-state index contributed by atoms with van der Waals surface area (Å²) in [5.74, 6) is -0.238. The van der Waals surface area contributed by atoms with E-state index < -0.39 is 10.0 Å². The van der Waals surface area contributed by atoms with Gasteiger partial charge in [0.15, 0.2) is 0 Å². The van der Waals surface area contributed by atoms with Crippen molar-refractivity contribution in [1.82, 2.24) is 9.79 Å². The zero-order chi connectivity index (χ0) is 14.5. The minimum Gasteiger partial charge on any atom is -0.383 e. The van der Waals surface area contributed by atoms with Crippen LogP contribution in [0.4, 0.5) is 0 Å². The number of hydrogen-bond donors (Lipinski definition) is 2. The van der Waals surface area contributed by atoms with Crippen LogP contribution in [0.15, 0.2) is 29.2 Å². The SMILES string of the molecule is COCCN(C)C(=O)c1ccc(S(=O)(=O)NO)cc1. The van der Waals surface area contributed by atoms with Gasteiger partial charge in [0.25, 0.3) is 15.9 Å². The first-order valence-electron chi connectivity index (χ1n) is 5.42. The predicted molar refractivity (Wildman–Crippen MR) is 67.4 cm³/mol. The van der Waals surface area contributed by atoms with Gasteiger partial charge < -0.3 is 14.8 Å². The molecule has 19 heavy (non-hydrogen) atoms. The van der Waals surface area contributed by atoms with E-state index in [4.69, 9.17) is 9.94 Å². The first-order valence-corrected chi connectivity index (χ1v) is 6.91. The van der Waals surface area contributed by atoms with Crippen molar-refractivity contribution in [2.45, 2.75) is 4.90 Å². The van der Waals surface area contributed by atoms with Gasteiger partial charge in [0.2, 0.25) is 0 Å². The van der Waals surface area contributed by atoms with E-state index in [0.717, 1.165) is 0 Å². The van der Waals surface area contributed by atoms with Gasteiger partial charge in [0, 0.05) is 26.3 Å². The molecule has 0 aliphatic heterocycles. The van der Waals surface area contributed by atoms with Crippen molar-refractivity contribution in [3.63, 3.8) is 0 Å². The molecule has 0 saturated heterocycles. The molecule has 8 heteroatoms. The van der Waals surface area contributed by atoms with Crippen LogP contribution in [0.3, 0.4) is 0 Å². The van der Waals surface area contributed by atoms with E-state index in [1.165, 1.54) is 34.1 Å². The van der Waals surface area contributed by atoms with Crippen molar-refractivity contribution in [2.24, 2.45) is 0 Å². The maximum Gasteiger partial charge on any atom is 0.262 e. The number of nitrogens with zero attached hydrogens (tertiary/aromatic N) is 1. The molecule has 0 saturated carbocycles. The molecule has 1 amide bonds. The smallest absolute Gasteiger partial charge is 0.262 e. The second-order valence-corrected chi connectivity index (χ2v) is 5.50. The van der Waals surface area contributed by atoms with Crippen LogP contribution < -0.4 is 4.89 Å². The number of likely N-dealkylation sites (N-methyl/N-ethyl adjacent to an activating group) is 1. The van der Waals surface area contributed by atoms with E-state index in [-0.39, 0.29) is 10.8 Å². The molecule has 106 valence electrons. The number of nitrogens with one attached hydrogen (secondary N) is 1. The monoisotopic (exact) mass is 288 g/mol. The molecule has 0 aliphatic rings. The fourth-order valence-corrected chi connectivity index (χ4v) is 1.98. The number of carbonyl (C=O) groups excluding carboxylic acids is 1. The number of carbonyl (C=O) groups is 1. The minimum atomic E-state index is -3.91. The van der Waals surface area contributed by atoms with Crippen molar-refractivity contribution in [3.05, 3.63) is 29.8 Å². The Labute approximate surface area is 111 Å². The number of rotatable bonds is 6. The summed E-state index contributed by atoms with van der Waals surface area (Å²) in [5.41, 5.74) is 0.357. The number of amides is 1. The molecule has 0 aliphatic carbocycles. The molecule has 2 N–H and O–H groups in total. The quantitative estimate of drug-likeness (QED) is 0.722. The van der Waals surface area contributed by atoms with Crippen LogP contribution in [-0.2, 0) is 14.8 Å². The first-order chi connectivity index (χ1) is 8.92. The van der Waals surface area contributed by atoms with Crippen molar-refractivity contribution in [2.75, 3.05) is 27.3 Å². The molecule has 1 aromatic carbocycles. The van der Waals surface area contributed by atoms with Crippen LogP contribution in [0.2, 0.25) is 0 Å². The lowest BCUT2D eigenvalue weighted by molar-refractivity contribution is 0.0744. The van der Waals surface area contributed by atoms with Crippen LogP contribution in [0.25, 0.3) is 0 Å². The second kappa shape index (κ2) is 6.62. The van der Waals surface area contributed by atoms with Crippen LogP contribution in [-0.4, -0.2) is 51.7 Å². The Morgan fingerprint density at radius 1 is 1.37 bits per heavy atom. The fourth-order valence-electron chi connectivity index (χ4n) is 1.38. The third-order valence-corrected chi connectivity index (χ3v) is 3.64. The second-order valence-electron chi connectivity index (χ2n) is 3.84. The van der Waals surface area contributed by atoms with Gasteiger partial charge in [-0.15, -0.1) is 0 Å². The summed E-state index contributed by atoms with van der Waals surface area (Å²) < 4.78 is 27.4. The Morgan fingerprint density at radius 3 is 2.42 bits per heavy atom. The van der Waals surface area contributed by atoms with Crippen LogP contribution >= 0.6 is 0 Å². The summed E-state index contributed by atoms with van der Waals surface area (Å²) in [6.45, 7) is 0.858. The zero-order valence-corrected chi connectivity index (χ0v) is 11.5. The zero-order valence-electron chi connectivity index (χ0n) is 10.7. The molecule has 0 aromatic heterocycles. The lowest BCUT2D eigenvalue weighted by Gasteiger charge is -2.16. The van der Waals surface area contributed by atoms with Crippen LogP contribution in [0.1, 0.15) is 10.4 Å². The van der Waals surface area contributed by atoms with E-state index in [9.17, 15) is 13.2 Å². The summed E-state index contributed by atoms with van der Waals surface area (Å²) >= 11 is 0. The van der Waals surface area contributed by atoms with Crippen LogP contribution in [0.5, 0.6) is 0 Å². The minimum absolute atomic E-state index is 0.119. The van der Waals surface area contributed by atoms with Crippen molar-refractivity contribution < 1.29 is 23.2 Å². The molecule has 1 aromatic rings. The van der Waals surface area contributed by atoms with Gasteiger partial charge in [-0.1, -0.05) is 4.89 Å². The Morgan fingerprint density at radius 2 is 1.95 bits per heavy atom. The normalized spacial score (nSPS) is 11.3. The highest BCUT2D eigenvalue weighted by molar-refractivity contribution is 7.89. The summed E-state index contributed by atoms with van der Waals surface area (Å²) in [5, 5.41) is 8.48. The molecular weight excluding hydrogens is 272 g/mol. The van der Waals surface area contributed by atoms with Gasteiger partial charge >= 0.3 is 0 Å². The standard InChI is InChI=1S/C11H16N2O5S/c1-13(7-8-18-2)11(14)9-3-5-10(6-4-9)19(16,17)12-15/h3-6,12,15H,7-8H2,1-2H3. The van der Waals surface area contributed by atoms with E-state index in [2.05, 4.69) is 0 Å². The average Bonchev–Trinajstić information content (AvgIpc) is 2.44. The molecule has 0 atom stereocenters. The van der Waals surface area contributed by atoms with E-state index in [1.807, 2.05) is 0 Å². The highest BCUT2D eigenvalue weighted by Crippen LogP contribution is 2.11. The van der Waals surface area contributed by atoms with Crippen molar-refractivity contribution in [3.8, 4) is 0 Å². The first kappa shape index (κ1) is 15.6. The molecule has 0 spiro atoms. The summed E-state index contributed by atoms with van der Waals surface area (Å²) in [6, 6.07) is 5.26. The molecule has 0 heterocycles. The Bertz CT molecular complexity index is 527. The Hall–Kier alpha value is -1.48. The molecule has 0 radical (unpaired) electrons. The van der Waals surface area contributed by atoms with Gasteiger partial charge in [-0.2, -0.15) is 0 Å². The maximum absolute atomic E-state index is 11.9. The summed E-state index contributed by atoms with van der Waals surface area (Å²) in [6.07, 6.45) is 0. The summed E-state index contributed by atoms with van der Waals surface area (Å²) in [7, 11) is -0.747. The fraction of sp³-hybridized carbons (Fsp3) is 0.364. The Kier molecular flexibility index (Phi) is 5.43. The van der Waals surface area contributed by atoms with E-state index >= 15 is 0 Å². The van der Waals surface area contributed by atoms with Crippen LogP contribution in [0, 0.1) is 0 Å². The highest BCUT2D eigenvalue weighted by Gasteiger charge is 2.15. The van der Waals surface area contributed by atoms with Gasteiger partial charge in [0.05, 0.1) is 11.5 Å². The number of sulfonamides is 1. The molecule has 7 nitrogen and oxygen atoms in total. The molecule has 0 fully saturated rings. The van der Waals surface area contributed by atoms with Gasteiger partial charge in [-0.05, 0) is 24.3 Å². The third-order valence-electron chi connectivity index (χ3n) is 2.51. The van der Waals surface area contributed by atoms with Crippen molar-refractivity contribution in [1.29, 1.82) is 0 Å². The Balaban J connectivity index is 2.85. The maximum atomic E-state index is 11.9. The highest BCUT2D eigenvalue weighted by atomic mass is 32.2. The molecule has 0 unspecified atom stereocenters. The molecule has 1 rings (SSSR count). The number of methoxy groups -OCH3 is 1. The van der Waals surface area contributed by atoms with Gasteiger partial charge in [-0.25, -0.2) is 8.42 Å². The third kappa shape index (κ3) is 4.00. The predicted octanol–water partition coefficient (Wildman–Crippen LogP) is 0.0725. The lowest BCUT2D eigenvalue weighted by Crippen LogP contribution is -2.30. The topological polar surface area (TPSA) is 95.9 Å². The molecular formula is C11H16N2O5S. The average molecular weight is 288 g/mol. The lowest BCUT2D eigenvalue weighted by atomic mass is 10.2.